The Morgan fingerprint density at radius 1 is 1.25 bits per heavy atom. The number of amides is 2. The Morgan fingerprint density at radius 2 is 1.93 bits per heavy atom. The Labute approximate surface area is 163 Å². The van der Waals surface area contributed by atoms with E-state index in [1.54, 1.807) is 27.7 Å². The Kier molecular flexibility index (Phi) is 6.45. The number of alkyl carbamates (subject to hydrolysis) is 1. The third-order valence-electron chi connectivity index (χ3n) is 3.76. The van der Waals surface area contributed by atoms with Gasteiger partial charge in [-0.15, -0.1) is 0 Å². The predicted octanol–water partition coefficient (Wildman–Crippen LogP) is 0.499. The van der Waals surface area contributed by atoms with Gasteiger partial charge in [-0.3, -0.25) is 4.79 Å². The molecule has 0 spiro atoms. The van der Waals surface area contributed by atoms with Crippen molar-refractivity contribution in [1.82, 2.24) is 15.3 Å². The van der Waals surface area contributed by atoms with Gasteiger partial charge in [0, 0.05) is 6.54 Å². The summed E-state index contributed by atoms with van der Waals surface area (Å²) in [4.78, 5) is 49.5. The molecule has 1 N–H and O–H groups in total. The van der Waals surface area contributed by atoms with Crippen LogP contribution in [-0.2, 0) is 28.6 Å². The van der Waals surface area contributed by atoms with Gasteiger partial charge in [0.2, 0.25) is 0 Å². The summed E-state index contributed by atoms with van der Waals surface area (Å²) in [6, 6.07) is -0.930. The minimum absolute atomic E-state index is 0.0183. The van der Waals surface area contributed by atoms with Crippen molar-refractivity contribution in [3.8, 4) is 0 Å². The number of carbonyl (C=O) groups is 4. The first-order chi connectivity index (χ1) is 13.1. The number of ether oxygens (including phenoxy) is 3. The molecule has 0 aromatic carbocycles. The number of hydrazine groups is 1. The van der Waals surface area contributed by atoms with E-state index in [0.29, 0.717) is 0 Å². The van der Waals surface area contributed by atoms with E-state index in [1.165, 1.54) is 11.1 Å². The number of fused-ring (bicyclic) bond motifs is 1. The number of esters is 2. The van der Waals surface area contributed by atoms with Gasteiger partial charge in [-0.2, -0.15) is 0 Å². The van der Waals surface area contributed by atoms with Crippen LogP contribution in [0.1, 0.15) is 27.7 Å². The largest absolute Gasteiger partial charge is 0.463 e. The van der Waals surface area contributed by atoms with Crippen LogP contribution in [0.5, 0.6) is 0 Å². The van der Waals surface area contributed by atoms with Crippen LogP contribution in [0, 0.1) is 0 Å². The van der Waals surface area contributed by atoms with Crippen molar-refractivity contribution in [2.75, 3.05) is 26.3 Å². The van der Waals surface area contributed by atoms with E-state index in [0.717, 1.165) is 5.01 Å². The van der Waals surface area contributed by atoms with E-state index in [1.807, 2.05) is 0 Å². The second-order valence-electron chi connectivity index (χ2n) is 7.13. The van der Waals surface area contributed by atoms with Crippen molar-refractivity contribution in [3.63, 3.8) is 0 Å². The molecule has 0 bridgehead atoms. The molecule has 1 fully saturated rings. The molecule has 0 unspecified atom stereocenters. The smallest absolute Gasteiger partial charge is 0.408 e. The predicted molar refractivity (Wildman–Crippen MR) is 96.4 cm³/mol. The lowest BCUT2D eigenvalue weighted by atomic mass is 10.2. The summed E-state index contributed by atoms with van der Waals surface area (Å²) < 4.78 is 15.2. The lowest BCUT2D eigenvalue weighted by Crippen LogP contribution is -2.45. The summed E-state index contributed by atoms with van der Waals surface area (Å²) in [6.07, 6.45) is 0.618. The molecule has 0 aromatic rings. The summed E-state index contributed by atoms with van der Waals surface area (Å²) in [5, 5.41) is 5.01. The highest BCUT2D eigenvalue weighted by Crippen LogP contribution is 2.31. The summed E-state index contributed by atoms with van der Waals surface area (Å²) in [7, 11) is 0. The number of nitrogens with one attached hydrogen (secondary N) is 1. The zero-order valence-corrected chi connectivity index (χ0v) is 16.4. The van der Waals surface area contributed by atoms with Crippen molar-refractivity contribution in [1.29, 1.82) is 0 Å². The molecular weight excluding hydrogens is 370 g/mol. The van der Waals surface area contributed by atoms with Crippen molar-refractivity contribution >= 4 is 23.9 Å². The molecule has 0 radical (unpaired) electrons. The normalized spacial score (nSPS) is 19.4. The third-order valence-corrected chi connectivity index (χ3v) is 3.76. The summed E-state index contributed by atoms with van der Waals surface area (Å²) in [5.74, 6) is -2.13. The number of rotatable bonds is 6. The van der Waals surface area contributed by atoms with Crippen molar-refractivity contribution < 1.29 is 33.4 Å². The van der Waals surface area contributed by atoms with E-state index in [4.69, 9.17) is 14.2 Å². The lowest BCUT2D eigenvalue weighted by Gasteiger charge is -2.21. The van der Waals surface area contributed by atoms with E-state index < -0.39 is 35.6 Å². The number of carbonyl (C=O) groups excluding carboxylic acids is 4. The number of hydrogen-bond donors (Lipinski definition) is 1. The van der Waals surface area contributed by atoms with Gasteiger partial charge in [0.15, 0.2) is 5.70 Å². The minimum atomic E-state index is -0.930. The zero-order chi connectivity index (χ0) is 21.1. The van der Waals surface area contributed by atoms with Gasteiger partial charge in [-0.1, -0.05) is 12.7 Å². The van der Waals surface area contributed by atoms with Crippen LogP contribution in [-0.4, -0.2) is 71.9 Å². The number of hydrogen-bond acceptors (Lipinski definition) is 8. The molecule has 2 aliphatic heterocycles. The van der Waals surface area contributed by atoms with Crippen LogP contribution in [0.15, 0.2) is 23.9 Å². The Hall–Kier alpha value is -2.88. The second kappa shape index (κ2) is 8.42. The molecule has 2 heterocycles. The highest BCUT2D eigenvalue weighted by Gasteiger charge is 2.50. The molecule has 1 saturated heterocycles. The maximum atomic E-state index is 12.8. The van der Waals surface area contributed by atoms with E-state index in [-0.39, 0.29) is 37.6 Å². The van der Waals surface area contributed by atoms with Gasteiger partial charge in [-0.05, 0) is 27.7 Å². The SMILES string of the molecule is C=CCOC(=O)C1=C(C(=O)OCC)CN2C[C@H](NC(=O)OC(C)(C)C)C(=O)N12. The van der Waals surface area contributed by atoms with Crippen molar-refractivity contribution in [2.45, 2.75) is 39.3 Å². The van der Waals surface area contributed by atoms with Crippen molar-refractivity contribution in [2.24, 2.45) is 0 Å². The topological polar surface area (TPSA) is 114 Å². The summed E-state index contributed by atoms with van der Waals surface area (Å²) in [5.41, 5.74) is -0.905. The van der Waals surface area contributed by atoms with E-state index in [2.05, 4.69) is 11.9 Å². The molecule has 2 aliphatic rings. The Balaban J connectivity index is 2.23. The van der Waals surface area contributed by atoms with Gasteiger partial charge in [0.05, 0.1) is 18.7 Å². The van der Waals surface area contributed by atoms with E-state index in [9.17, 15) is 19.2 Å². The first-order valence-corrected chi connectivity index (χ1v) is 8.85. The Morgan fingerprint density at radius 3 is 2.50 bits per heavy atom. The van der Waals surface area contributed by atoms with Crippen LogP contribution < -0.4 is 5.32 Å². The third kappa shape index (κ3) is 4.69. The van der Waals surface area contributed by atoms with Gasteiger partial charge in [0.25, 0.3) is 5.91 Å². The molecule has 2 rings (SSSR count). The zero-order valence-electron chi connectivity index (χ0n) is 16.4. The Bertz CT molecular complexity index is 723. The van der Waals surface area contributed by atoms with Crippen LogP contribution >= 0.6 is 0 Å². The van der Waals surface area contributed by atoms with Gasteiger partial charge >= 0.3 is 18.0 Å². The fourth-order valence-electron chi connectivity index (χ4n) is 2.78. The molecule has 0 saturated carbocycles. The lowest BCUT2D eigenvalue weighted by molar-refractivity contribution is -0.146. The second-order valence-corrected chi connectivity index (χ2v) is 7.13. The fraction of sp³-hybridized carbons (Fsp3) is 0.556. The molecular formula is C18H25N3O7. The van der Waals surface area contributed by atoms with Crippen LogP contribution in [0.25, 0.3) is 0 Å². The number of nitrogens with zero attached hydrogens (tertiary/aromatic N) is 2. The maximum absolute atomic E-state index is 12.8. The van der Waals surface area contributed by atoms with Gasteiger partial charge in [0.1, 0.15) is 18.2 Å². The quantitative estimate of drug-likeness (QED) is 0.393. The maximum Gasteiger partial charge on any atom is 0.408 e. The highest BCUT2D eigenvalue weighted by molar-refractivity contribution is 6.05. The molecule has 0 aliphatic carbocycles. The van der Waals surface area contributed by atoms with Crippen LogP contribution in [0.4, 0.5) is 4.79 Å². The molecule has 1 atom stereocenters. The average Bonchev–Trinajstić information content (AvgIpc) is 3.08. The van der Waals surface area contributed by atoms with Crippen LogP contribution in [0.2, 0.25) is 0 Å². The highest BCUT2D eigenvalue weighted by atomic mass is 16.6. The standard InChI is InChI=1S/C18H25N3O7/c1-6-8-27-16(24)13-11(15(23)26-7-2)9-20-10-12(14(22)21(13)20)19-17(25)28-18(3,4)5/h6,12H,1,7-10H2,2-5H3,(H,19,25)/t12-/m0/s1. The monoisotopic (exact) mass is 395 g/mol. The molecule has 28 heavy (non-hydrogen) atoms. The fourth-order valence-corrected chi connectivity index (χ4v) is 2.78. The van der Waals surface area contributed by atoms with Gasteiger partial charge < -0.3 is 19.5 Å². The summed E-state index contributed by atoms with van der Waals surface area (Å²) >= 11 is 0. The van der Waals surface area contributed by atoms with Gasteiger partial charge in [-0.25, -0.2) is 24.4 Å². The van der Waals surface area contributed by atoms with E-state index >= 15 is 0 Å². The van der Waals surface area contributed by atoms with Crippen LogP contribution in [0.3, 0.4) is 0 Å². The molecule has 0 aromatic heterocycles. The molecule has 10 heteroatoms. The molecule has 2 amide bonds. The average molecular weight is 395 g/mol. The van der Waals surface area contributed by atoms with Crippen molar-refractivity contribution in [3.05, 3.63) is 23.9 Å². The molecule has 10 nitrogen and oxygen atoms in total. The first-order valence-electron chi connectivity index (χ1n) is 8.85. The minimum Gasteiger partial charge on any atom is -0.463 e. The first kappa shape index (κ1) is 21.4. The summed E-state index contributed by atoms with van der Waals surface area (Å²) in [6.45, 7) is 10.3. The molecule has 154 valence electrons.